The molecule has 3 rings (SSSR count). The first-order valence-corrected chi connectivity index (χ1v) is 9.82. The van der Waals surface area contributed by atoms with E-state index in [2.05, 4.69) is 40.1 Å². The molecule has 0 aromatic heterocycles. The number of carbonyl (C=O) groups is 3. The summed E-state index contributed by atoms with van der Waals surface area (Å²) in [5, 5.41) is 2.94. The monoisotopic (exact) mass is 421 g/mol. The van der Waals surface area contributed by atoms with Gasteiger partial charge in [0.25, 0.3) is 11.8 Å². The molecule has 1 heterocycles. The van der Waals surface area contributed by atoms with Crippen molar-refractivity contribution in [3.8, 4) is 0 Å². The second-order valence-electron chi connectivity index (χ2n) is 7.11. The van der Waals surface area contributed by atoms with Crippen LogP contribution in [0.5, 0.6) is 0 Å². The van der Waals surface area contributed by atoms with Gasteiger partial charge in [-0.3, -0.25) is 24.2 Å². The zero-order valence-electron chi connectivity index (χ0n) is 15.1. The van der Waals surface area contributed by atoms with Crippen LogP contribution in [0.15, 0.2) is 22.7 Å². The zero-order chi connectivity index (χ0) is 18.8. The topological polar surface area (TPSA) is 69.7 Å². The van der Waals surface area contributed by atoms with Gasteiger partial charge in [-0.2, -0.15) is 0 Å². The number of halogens is 1. The fraction of sp³-hybridized carbons (Fsp3) is 0.526. The highest BCUT2D eigenvalue weighted by molar-refractivity contribution is 9.10. The molecule has 7 heteroatoms. The maximum atomic E-state index is 12.4. The second-order valence-corrected chi connectivity index (χ2v) is 8.02. The van der Waals surface area contributed by atoms with E-state index in [1.54, 1.807) is 18.2 Å². The van der Waals surface area contributed by atoms with Crippen molar-refractivity contribution in [2.75, 3.05) is 20.1 Å². The van der Waals surface area contributed by atoms with Crippen LogP contribution in [0.3, 0.4) is 0 Å². The number of amides is 3. The smallest absolute Gasteiger partial charge is 0.261 e. The van der Waals surface area contributed by atoms with Gasteiger partial charge < -0.3 is 5.32 Å². The van der Waals surface area contributed by atoms with Gasteiger partial charge in [0.05, 0.1) is 11.1 Å². The predicted molar refractivity (Wildman–Crippen MR) is 102 cm³/mol. The van der Waals surface area contributed by atoms with Crippen LogP contribution in [0, 0.1) is 0 Å². The number of likely N-dealkylation sites (N-methyl/N-ethyl adjacent to an activating group) is 1. The summed E-state index contributed by atoms with van der Waals surface area (Å²) in [7, 11) is 2.09. The average Bonchev–Trinajstić information content (AvgIpc) is 3.43. The predicted octanol–water partition coefficient (Wildman–Crippen LogP) is 2.42. The summed E-state index contributed by atoms with van der Waals surface area (Å²) in [6, 6.07) is 6.04. The Labute approximate surface area is 162 Å². The molecule has 140 valence electrons. The molecular formula is C19H24BrN3O3. The molecule has 0 saturated heterocycles. The highest BCUT2D eigenvalue weighted by Gasteiger charge is 2.35. The summed E-state index contributed by atoms with van der Waals surface area (Å²) >= 11 is 3.32. The van der Waals surface area contributed by atoms with Crippen LogP contribution >= 0.6 is 15.9 Å². The van der Waals surface area contributed by atoms with E-state index in [4.69, 9.17) is 0 Å². The largest absolute Gasteiger partial charge is 0.355 e. The first-order chi connectivity index (χ1) is 12.4. The van der Waals surface area contributed by atoms with Gasteiger partial charge in [-0.05, 0) is 51.4 Å². The van der Waals surface area contributed by atoms with E-state index < -0.39 is 0 Å². The van der Waals surface area contributed by atoms with Gasteiger partial charge in [-0.25, -0.2) is 0 Å². The van der Waals surface area contributed by atoms with Crippen molar-refractivity contribution in [2.45, 2.75) is 44.7 Å². The third-order valence-electron chi connectivity index (χ3n) is 5.13. The molecule has 1 atom stereocenters. The summed E-state index contributed by atoms with van der Waals surface area (Å²) < 4.78 is 0.768. The fourth-order valence-electron chi connectivity index (χ4n) is 3.20. The second kappa shape index (κ2) is 7.88. The summed E-state index contributed by atoms with van der Waals surface area (Å²) in [5.41, 5.74) is 0.852. The van der Waals surface area contributed by atoms with Crippen LogP contribution in [-0.4, -0.2) is 59.7 Å². The Morgan fingerprint density at radius 3 is 2.69 bits per heavy atom. The molecule has 1 saturated carbocycles. The van der Waals surface area contributed by atoms with Crippen LogP contribution in [0.4, 0.5) is 0 Å². The van der Waals surface area contributed by atoms with E-state index in [1.165, 1.54) is 17.7 Å². The number of hydrogen-bond donors (Lipinski definition) is 1. The lowest BCUT2D eigenvalue weighted by molar-refractivity contribution is -0.121. The number of nitrogens with one attached hydrogen (secondary N) is 1. The quantitative estimate of drug-likeness (QED) is 0.654. The number of benzene rings is 1. The number of hydrogen-bond acceptors (Lipinski definition) is 4. The van der Waals surface area contributed by atoms with Crippen molar-refractivity contribution in [1.29, 1.82) is 0 Å². The Balaban J connectivity index is 1.43. The summed E-state index contributed by atoms with van der Waals surface area (Å²) in [5.74, 6) is -0.607. The molecular weight excluding hydrogens is 398 g/mol. The molecule has 0 spiro atoms. The Bertz CT molecular complexity index is 733. The summed E-state index contributed by atoms with van der Waals surface area (Å²) in [6.07, 6.45) is 3.25. The van der Waals surface area contributed by atoms with Gasteiger partial charge in [0.2, 0.25) is 5.91 Å². The molecule has 0 radical (unpaired) electrons. The van der Waals surface area contributed by atoms with Gasteiger partial charge in [-0.1, -0.05) is 15.9 Å². The number of carbonyl (C=O) groups excluding carboxylic acids is 3. The van der Waals surface area contributed by atoms with Crippen LogP contribution in [0.1, 0.15) is 53.3 Å². The zero-order valence-corrected chi connectivity index (χ0v) is 16.7. The van der Waals surface area contributed by atoms with Crippen molar-refractivity contribution in [3.05, 3.63) is 33.8 Å². The molecule has 1 N–H and O–H groups in total. The fourth-order valence-corrected chi connectivity index (χ4v) is 3.56. The molecule has 3 amide bonds. The van der Waals surface area contributed by atoms with E-state index in [9.17, 15) is 14.4 Å². The Hall–Kier alpha value is -1.73. The molecule has 1 aromatic rings. The molecule has 1 fully saturated rings. The van der Waals surface area contributed by atoms with Crippen molar-refractivity contribution in [3.63, 3.8) is 0 Å². The number of fused-ring (bicyclic) bond motifs is 1. The van der Waals surface area contributed by atoms with Crippen molar-refractivity contribution in [1.82, 2.24) is 15.1 Å². The Morgan fingerprint density at radius 2 is 2.00 bits per heavy atom. The Morgan fingerprint density at radius 1 is 1.31 bits per heavy atom. The minimum absolute atomic E-state index is 0.0413. The maximum absolute atomic E-state index is 12.4. The van der Waals surface area contributed by atoms with Gasteiger partial charge in [-0.15, -0.1) is 0 Å². The van der Waals surface area contributed by atoms with E-state index in [0.29, 0.717) is 42.6 Å². The van der Waals surface area contributed by atoms with Gasteiger partial charge in [0.15, 0.2) is 0 Å². The van der Waals surface area contributed by atoms with Crippen molar-refractivity contribution < 1.29 is 14.4 Å². The maximum Gasteiger partial charge on any atom is 0.261 e. The number of rotatable bonds is 8. The van der Waals surface area contributed by atoms with Crippen LogP contribution < -0.4 is 5.32 Å². The Kier molecular flexibility index (Phi) is 5.77. The molecule has 26 heavy (non-hydrogen) atoms. The molecule has 1 aromatic carbocycles. The first-order valence-electron chi connectivity index (χ1n) is 9.03. The third kappa shape index (κ3) is 4.15. The van der Waals surface area contributed by atoms with E-state index in [-0.39, 0.29) is 24.3 Å². The van der Waals surface area contributed by atoms with Crippen LogP contribution in [0.2, 0.25) is 0 Å². The molecule has 6 nitrogen and oxygen atoms in total. The molecule has 0 bridgehead atoms. The van der Waals surface area contributed by atoms with Crippen LogP contribution in [-0.2, 0) is 4.79 Å². The van der Waals surface area contributed by atoms with Gasteiger partial charge >= 0.3 is 0 Å². The average molecular weight is 422 g/mol. The lowest BCUT2D eigenvalue weighted by Gasteiger charge is -2.24. The molecule has 1 aliphatic heterocycles. The number of imide groups is 1. The minimum Gasteiger partial charge on any atom is -0.355 e. The molecule has 1 aliphatic carbocycles. The lowest BCUT2D eigenvalue weighted by Crippen LogP contribution is -2.41. The van der Waals surface area contributed by atoms with Gasteiger partial charge in [0, 0.05) is 36.1 Å². The first kappa shape index (κ1) is 19.0. The van der Waals surface area contributed by atoms with E-state index >= 15 is 0 Å². The van der Waals surface area contributed by atoms with Crippen LogP contribution in [0.25, 0.3) is 0 Å². The summed E-state index contributed by atoms with van der Waals surface area (Å²) in [6.45, 7) is 2.98. The molecule has 1 unspecified atom stereocenters. The lowest BCUT2D eigenvalue weighted by atomic mass is 10.1. The number of nitrogens with zero attached hydrogens (tertiary/aromatic N) is 2. The SMILES string of the molecule is CC(CNC(=O)CCCN1C(=O)c2ccc(Br)cc2C1=O)N(C)C1CC1. The highest BCUT2D eigenvalue weighted by atomic mass is 79.9. The third-order valence-corrected chi connectivity index (χ3v) is 5.62. The van der Waals surface area contributed by atoms with Crippen molar-refractivity contribution in [2.24, 2.45) is 0 Å². The summed E-state index contributed by atoms with van der Waals surface area (Å²) in [4.78, 5) is 40.3. The minimum atomic E-state index is -0.286. The van der Waals surface area contributed by atoms with E-state index in [0.717, 1.165) is 4.47 Å². The standard InChI is InChI=1S/C19H24BrN3O3/c1-12(22(2)14-6-7-14)11-21-17(24)4-3-9-23-18(25)15-8-5-13(20)10-16(15)19(23)26/h5,8,10,12,14H,3-4,6-7,9,11H2,1-2H3,(H,21,24). The molecule has 2 aliphatic rings. The van der Waals surface area contributed by atoms with Gasteiger partial charge in [0.1, 0.15) is 0 Å². The van der Waals surface area contributed by atoms with Crippen molar-refractivity contribution >= 4 is 33.7 Å². The van der Waals surface area contributed by atoms with E-state index in [1.807, 2.05) is 0 Å². The highest BCUT2D eigenvalue weighted by Crippen LogP contribution is 2.27. The normalized spacial score (nSPS) is 17.6.